The first-order valence-corrected chi connectivity index (χ1v) is 6.39. The van der Waals surface area contributed by atoms with E-state index in [1.807, 2.05) is 0 Å². The van der Waals surface area contributed by atoms with E-state index in [9.17, 15) is 0 Å². The molecule has 2 heterocycles. The largest absolute Gasteiger partial charge is 0.333 e. The Morgan fingerprint density at radius 3 is 2.24 bits per heavy atom. The van der Waals surface area contributed by atoms with E-state index in [0.717, 1.165) is 5.65 Å². The van der Waals surface area contributed by atoms with Gasteiger partial charge in [0, 0.05) is 23.8 Å². The molecular weight excluding hydrogens is 208 g/mol. The molecule has 0 unspecified atom stereocenters. The third-order valence-electron chi connectivity index (χ3n) is 3.57. The van der Waals surface area contributed by atoms with E-state index in [0.29, 0.717) is 11.8 Å². The maximum Gasteiger partial charge on any atom is 0.140 e. The average molecular weight is 230 g/mol. The van der Waals surface area contributed by atoms with Crippen LogP contribution in [0, 0.1) is 6.92 Å². The van der Waals surface area contributed by atoms with E-state index in [1.165, 1.54) is 22.3 Å². The van der Waals surface area contributed by atoms with Crippen molar-refractivity contribution in [1.29, 1.82) is 0 Å². The van der Waals surface area contributed by atoms with Crippen LogP contribution in [0.15, 0.2) is 12.1 Å². The smallest absolute Gasteiger partial charge is 0.140 e. The Morgan fingerprint density at radius 2 is 1.71 bits per heavy atom. The van der Waals surface area contributed by atoms with E-state index in [2.05, 4.69) is 58.4 Å². The summed E-state index contributed by atoms with van der Waals surface area (Å²) in [5.41, 5.74) is 5.07. The van der Waals surface area contributed by atoms with Gasteiger partial charge in [0.2, 0.25) is 0 Å². The van der Waals surface area contributed by atoms with Gasteiger partial charge in [-0.2, -0.15) is 0 Å². The van der Waals surface area contributed by atoms with Gasteiger partial charge < -0.3 is 4.57 Å². The molecule has 0 amide bonds. The van der Waals surface area contributed by atoms with Gasteiger partial charge in [0.15, 0.2) is 0 Å². The van der Waals surface area contributed by atoms with Crippen molar-refractivity contribution in [3.63, 3.8) is 0 Å². The molecule has 2 heteroatoms. The molecule has 0 spiro atoms. The third kappa shape index (κ3) is 1.86. The van der Waals surface area contributed by atoms with Crippen molar-refractivity contribution >= 4 is 11.0 Å². The summed E-state index contributed by atoms with van der Waals surface area (Å²) in [5, 5.41) is 1.31. The molecule has 0 fully saturated rings. The van der Waals surface area contributed by atoms with Gasteiger partial charge in [-0.15, -0.1) is 0 Å². The topological polar surface area (TPSA) is 17.8 Å². The number of aryl methyl sites for hydroxylation is 1. The second kappa shape index (κ2) is 4.17. The molecule has 0 N–H and O–H groups in total. The fourth-order valence-corrected chi connectivity index (χ4v) is 2.51. The Morgan fingerprint density at radius 1 is 1.06 bits per heavy atom. The van der Waals surface area contributed by atoms with Gasteiger partial charge >= 0.3 is 0 Å². The van der Waals surface area contributed by atoms with Crippen molar-refractivity contribution in [2.45, 2.75) is 46.5 Å². The maximum absolute atomic E-state index is 4.80. The highest BCUT2D eigenvalue weighted by atomic mass is 15.0. The summed E-state index contributed by atoms with van der Waals surface area (Å²) >= 11 is 0. The molecule has 0 radical (unpaired) electrons. The van der Waals surface area contributed by atoms with Gasteiger partial charge in [-0.05, 0) is 36.5 Å². The van der Waals surface area contributed by atoms with Crippen LogP contribution < -0.4 is 0 Å². The van der Waals surface area contributed by atoms with Crippen LogP contribution in [0.25, 0.3) is 11.0 Å². The standard InChI is InChI=1S/C15H22N2/c1-9(2)13-8-7-12-14(10(3)4)11(5)17(6)15(12)16-13/h7-10H,1-6H3. The Kier molecular flexibility index (Phi) is 2.98. The summed E-state index contributed by atoms with van der Waals surface area (Å²) in [6.07, 6.45) is 0. The fourth-order valence-electron chi connectivity index (χ4n) is 2.51. The van der Waals surface area contributed by atoms with Gasteiger partial charge in [-0.25, -0.2) is 4.98 Å². The molecule has 0 saturated carbocycles. The Bertz CT molecular complexity index is 548. The summed E-state index contributed by atoms with van der Waals surface area (Å²) < 4.78 is 2.22. The van der Waals surface area contributed by atoms with E-state index in [4.69, 9.17) is 4.98 Å². The van der Waals surface area contributed by atoms with Gasteiger partial charge in [-0.3, -0.25) is 0 Å². The van der Waals surface area contributed by atoms with Crippen molar-refractivity contribution in [3.8, 4) is 0 Å². The Hall–Kier alpha value is -1.31. The minimum Gasteiger partial charge on any atom is -0.333 e. The summed E-state index contributed by atoms with van der Waals surface area (Å²) in [6.45, 7) is 11.1. The molecule has 0 aliphatic rings. The lowest BCUT2D eigenvalue weighted by Crippen LogP contribution is -1.97. The molecule has 0 bridgehead atoms. The summed E-state index contributed by atoms with van der Waals surface area (Å²) in [7, 11) is 2.11. The summed E-state index contributed by atoms with van der Waals surface area (Å²) in [4.78, 5) is 4.80. The first-order chi connectivity index (χ1) is 7.93. The van der Waals surface area contributed by atoms with Crippen molar-refractivity contribution in [1.82, 2.24) is 9.55 Å². The molecule has 0 aliphatic heterocycles. The molecule has 17 heavy (non-hydrogen) atoms. The molecule has 2 rings (SSSR count). The van der Waals surface area contributed by atoms with Crippen LogP contribution in [0.4, 0.5) is 0 Å². The van der Waals surface area contributed by atoms with Gasteiger partial charge in [-0.1, -0.05) is 27.7 Å². The van der Waals surface area contributed by atoms with Crippen molar-refractivity contribution in [2.24, 2.45) is 7.05 Å². The molecule has 2 nitrogen and oxygen atoms in total. The van der Waals surface area contributed by atoms with E-state index in [-0.39, 0.29) is 0 Å². The zero-order valence-corrected chi connectivity index (χ0v) is 11.7. The zero-order chi connectivity index (χ0) is 12.7. The molecule has 0 saturated heterocycles. The van der Waals surface area contributed by atoms with Gasteiger partial charge in [0.05, 0.1) is 0 Å². The minimum absolute atomic E-state index is 0.483. The van der Waals surface area contributed by atoms with Crippen LogP contribution in [0.5, 0.6) is 0 Å². The first kappa shape index (κ1) is 12.2. The molecule has 0 aliphatic carbocycles. The highest BCUT2D eigenvalue weighted by Crippen LogP contribution is 2.30. The van der Waals surface area contributed by atoms with Crippen LogP contribution in [-0.4, -0.2) is 9.55 Å². The lowest BCUT2D eigenvalue weighted by Gasteiger charge is -2.06. The predicted octanol–water partition coefficient (Wildman–Crippen LogP) is 4.13. The predicted molar refractivity (Wildman–Crippen MR) is 73.6 cm³/mol. The Balaban J connectivity index is 2.76. The number of hydrogen-bond donors (Lipinski definition) is 0. The fraction of sp³-hybridized carbons (Fsp3) is 0.533. The zero-order valence-electron chi connectivity index (χ0n) is 11.7. The first-order valence-electron chi connectivity index (χ1n) is 6.39. The van der Waals surface area contributed by atoms with Crippen LogP contribution in [0.3, 0.4) is 0 Å². The highest BCUT2D eigenvalue weighted by Gasteiger charge is 2.16. The molecule has 2 aromatic rings. The average Bonchev–Trinajstić information content (AvgIpc) is 2.51. The number of pyridine rings is 1. The monoisotopic (exact) mass is 230 g/mol. The van der Waals surface area contributed by atoms with Crippen molar-refractivity contribution < 1.29 is 0 Å². The number of hydrogen-bond acceptors (Lipinski definition) is 1. The number of aromatic nitrogens is 2. The SMILES string of the molecule is Cc1c(C(C)C)c2ccc(C(C)C)nc2n1C. The van der Waals surface area contributed by atoms with Crippen molar-refractivity contribution in [3.05, 3.63) is 29.1 Å². The van der Waals surface area contributed by atoms with Gasteiger partial charge in [0.1, 0.15) is 5.65 Å². The van der Waals surface area contributed by atoms with E-state index in [1.54, 1.807) is 0 Å². The number of nitrogens with zero attached hydrogens (tertiary/aromatic N) is 2. The van der Waals surface area contributed by atoms with E-state index >= 15 is 0 Å². The lowest BCUT2D eigenvalue weighted by molar-refractivity contribution is 0.808. The second-order valence-corrected chi connectivity index (χ2v) is 5.47. The minimum atomic E-state index is 0.483. The van der Waals surface area contributed by atoms with Gasteiger partial charge in [0.25, 0.3) is 0 Å². The molecule has 0 atom stereocenters. The summed E-state index contributed by atoms with van der Waals surface area (Å²) in [6, 6.07) is 4.40. The van der Waals surface area contributed by atoms with Crippen molar-refractivity contribution in [2.75, 3.05) is 0 Å². The molecule has 0 aromatic carbocycles. The molecule has 92 valence electrons. The maximum atomic E-state index is 4.80. The summed E-state index contributed by atoms with van der Waals surface area (Å²) in [5.74, 6) is 1.03. The third-order valence-corrected chi connectivity index (χ3v) is 3.57. The molecule has 2 aromatic heterocycles. The molecular formula is C15H22N2. The quantitative estimate of drug-likeness (QED) is 0.758. The van der Waals surface area contributed by atoms with E-state index < -0.39 is 0 Å². The van der Waals surface area contributed by atoms with Crippen LogP contribution in [0.2, 0.25) is 0 Å². The van der Waals surface area contributed by atoms with Crippen LogP contribution >= 0.6 is 0 Å². The second-order valence-electron chi connectivity index (χ2n) is 5.47. The Labute approximate surface area is 104 Å². The number of fused-ring (bicyclic) bond motifs is 1. The number of rotatable bonds is 2. The highest BCUT2D eigenvalue weighted by molar-refractivity contribution is 5.83. The lowest BCUT2D eigenvalue weighted by atomic mass is 10.00. The van der Waals surface area contributed by atoms with Crippen LogP contribution in [0.1, 0.15) is 56.5 Å². The normalized spacial score (nSPS) is 12.0. The van der Waals surface area contributed by atoms with Crippen LogP contribution in [-0.2, 0) is 7.05 Å².